The lowest BCUT2D eigenvalue weighted by atomic mass is 10.0. The molecule has 8 heteroatoms. The van der Waals surface area contributed by atoms with E-state index in [1.807, 2.05) is 42.5 Å². The van der Waals surface area contributed by atoms with Crippen LogP contribution in [0.1, 0.15) is 56.2 Å². The second-order valence-corrected chi connectivity index (χ2v) is 12.2. The molecule has 0 atom stereocenters. The molecule has 0 bridgehead atoms. The first kappa shape index (κ1) is 27.0. The number of aromatic amines is 1. The van der Waals surface area contributed by atoms with Gasteiger partial charge in [0.25, 0.3) is 0 Å². The molecule has 4 aromatic rings. The second kappa shape index (κ2) is 11.6. The van der Waals surface area contributed by atoms with E-state index in [0.717, 1.165) is 43.7 Å². The number of nitrogens with one attached hydrogen (secondary N) is 2. The van der Waals surface area contributed by atoms with Gasteiger partial charge in [-0.2, -0.15) is 0 Å². The molecule has 1 aliphatic carbocycles. The SMILES string of the molecule is CCCN(CCC)Cc1ccc(N=C(c2ccccc2)c2c(O)[nH]c3ccc(NS(=O)(=O)C4CC4)cc23)cc1. The molecule has 3 N–H and O–H groups in total. The van der Waals surface area contributed by atoms with Crippen LogP contribution in [0.25, 0.3) is 10.9 Å². The fourth-order valence-electron chi connectivity index (χ4n) is 4.93. The van der Waals surface area contributed by atoms with E-state index in [1.54, 1.807) is 18.2 Å². The number of rotatable bonds is 12. The maximum absolute atomic E-state index is 12.6. The molecule has 1 aliphatic rings. The summed E-state index contributed by atoms with van der Waals surface area (Å²) in [6.45, 7) is 7.46. The largest absolute Gasteiger partial charge is 0.494 e. The van der Waals surface area contributed by atoms with Gasteiger partial charge in [0.05, 0.1) is 22.2 Å². The van der Waals surface area contributed by atoms with Gasteiger partial charge >= 0.3 is 0 Å². The molecular weight excluding hydrogens is 508 g/mol. The first-order valence-electron chi connectivity index (χ1n) is 13.7. The molecule has 1 fully saturated rings. The van der Waals surface area contributed by atoms with Crippen molar-refractivity contribution in [2.45, 2.75) is 51.3 Å². The van der Waals surface area contributed by atoms with E-state index in [-0.39, 0.29) is 11.1 Å². The van der Waals surface area contributed by atoms with Crippen LogP contribution in [-0.2, 0) is 16.6 Å². The standard InChI is InChI=1S/C31H36N4O3S/c1-3-18-35(19-4-2)21-22-10-12-24(13-11-22)32-30(23-8-6-5-7-9-23)29-27-20-25(14-17-28(27)33-31(29)36)34-39(37,38)26-15-16-26/h5-14,17,20,26,33-34,36H,3-4,15-16,18-19,21H2,1-2H3. The highest BCUT2D eigenvalue weighted by Gasteiger charge is 2.35. The van der Waals surface area contributed by atoms with E-state index in [4.69, 9.17) is 4.99 Å². The molecule has 0 radical (unpaired) electrons. The van der Waals surface area contributed by atoms with E-state index >= 15 is 0 Å². The molecule has 39 heavy (non-hydrogen) atoms. The van der Waals surface area contributed by atoms with Crippen molar-refractivity contribution < 1.29 is 13.5 Å². The van der Waals surface area contributed by atoms with Gasteiger partial charge < -0.3 is 10.1 Å². The summed E-state index contributed by atoms with van der Waals surface area (Å²) < 4.78 is 27.8. The number of anilines is 1. The third-order valence-electron chi connectivity index (χ3n) is 6.95. The van der Waals surface area contributed by atoms with Gasteiger partial charge in [0.1, 0.15) is 0 Å². The van der Waals surface area contributed by atoms with Crippen LogP contribution < -0.4 is 4.72 Å². The third kappa shape index (κ3) is 6.34. The van der Waals surface area contributed by atoms with Crippen LogP contribution >= 0.6 is 0 Å². The normalized spacial score (nSPS) is 14.3. The number of aromatic nitrogens is 1. The van der Waals surface area contributed by atoms with Crippen LogP contribution in [0.15, 0.2) is 77.8 Å². The van der Waals surface area contributed by atoms with Gasteiger partial charge in [0, 0.05) is 28.7 Å². The molecule has 0 unspecified atom stereocenters. The van der Waals surface area contributed by atoms with Crippen molar-refractivity contribution in [3.8, 4) is 5.88 Å². The lowest BCUT2D eigenvalue weighted by Gasteiger charge is -2.21. The molecule has 0 spiro atoms. The number of H-pyrrole nitrogens is 1. The van der Waals surface area contributed by atoms with Crippen molar-refractivity contribution in [1.29, 1.82) is 0 Å². The number of aliphatic imine (C=N–C) groups is 1. The molecule has 204 valence electrons. The Morgan fingerprint density at radius 3 is 2.33 bits per heavy atom. The Bertz CT molecular complexity index is 1550. The minimum Gasteiger partial charge on any atom is -0.494 e. The number of fused-ring (bicyclic) bond motifs is 1. The summed E-state index contributed by atoms with van der Waals surface area (Å²) in [6, 6.07) is 23.2. The molecule has 5 rings (SSSR count). The van der Waals surface area contributed by atoms with E-state index in [0.29, 0.717) is 40.7 Å². The quantitative estimate of drug-likeness (QED) is 0.176. The third-order valence-corrected chi connectivity index (χ3v) is 8.82. The van der Waals surface area contributed by atoms with Crippen LogP contribution in [0.5, 0.6) is 5.88 Å². The van der Waals surface area contributed by atoms with Crippen molar-refractivity contribution in [2.75, 3.05) is 17.8 Å². The van der Waals surface area contributed by atoms with Crippen molar-refractivity contribution in [1.82, 2.24) is 9.88 Å². The van der Waals surface area contributed by atoms with E-state index in [9.17, 15) is 13.5 Å². The molecule has 0 saturated heterocycles. The molecule has 1 saturated carbocycles. The smallest absolute Gasteiger partial charge is 0.235 e. The summed E-state index contributed by atoms with van der Waals surface area (Å²) in [5.74, 6) is -0.0128. The summed E-state index contributed by atoms with van der Waals surface area (Å²) in [5.41, 5.74) is 5.16. The summed E-state index contributed by atoms with van der Waals surface area (Å²) in [5, 5.41) is 11.4. The summed E-state index contributed by atoms with van der Waals surface area (Å²) in [7, 11) is -3.41. The van der Waals surface area contributed by atoms with E-state index in [2.05, 4.69) is 40.6 Å². The fourth-order valence-corrected chi connectivity index (χ4v) is 6.31. The Kier molecular flexibility index (Phi) is 8.04. The maximum atomic E-state index is 12.6. The number of aromatic hydroxyl groups is 1. The Morgan fingerprint density at radius 1 is 1.00 bits per heavy atom. The van der Waals surface area contributed by atoms with Gasteiger partial charge in [0.2, 0.25) is 10.0 Å². The molecular formula is C31H36N4O3S. The van der Waals surface area contributed by atoms with Crippen molar-refractivity contribution in [2.24, 2.45) is 4.99 Å². The summed E-state index contributed by atoms with van der Waals surface area (Å²) >= 11 is 0. The zero-order valence-electron chi connectivity index (χ0n) is 22.5. The maximum Gasteiger partial charge on any atom is 0.235 e. The van der Waals surface area contributed by atoms with Gasteiger partial charge in [0.15, 0.2) is 5.88 Å². The van der Waals surface area contributed by atoms with Crippen molar-refractivity contribution in [3.05, 3.63) is 89.5 Å². The highest BCUT2D eigenvalue weighted by Crippen LogP contribution is 2.35. The molecule has 3 aromatic carbocycles. The highest BCUT2D eigenvalue weighted by atomic mass is 32.2. The fraction of sp³-hybridized carbons (Fsp3) is 0.323. The number of sulfonamides is 1. The van der Waals surface area contributed by atoms with E-state index < -0.39 is 10.0 Å². The minimum absolute atomic E-state index is 0.0128. The second-order valence-electron chi connectivity index (χ2n) is 10.2. The van der Waals surface area contributed by atoms with Gasteiger partial charge in [-0.15, -0.1) is 0 Å². The lowest BCUT2D eigenvalue weighted by molar-refractivity contribution is 0.266. The molecule has 0 amide bonds. The first-order chi connectivity index (χ1) is 18.9. The van der Waals surface area contributed by atoms with Crippen molar-refractivity contribution in [3.63, 3.8) is 0 Å². The van der Waals surface area contributed by atoms with Crippen LogP contribution in [0.4, 0.5) is 11.4 Å². The van der Waals surface area contributed by atoms with Crippen LogP contribution in [0, 0.1) is 0 Å². The molecule has 1 aromatic heterocycles. The van der Waals surface area contributed by atoms with Gasteiger partial charge in [-0.05, 0) is 74.7 Å². The molecule has 1 heterocycles. The van der Waals surface area contributed by atoms with E-state index in [1.165, 1.54) is 5.56 Å². The average Bonchev–Trinajstić information content (AvgIpc) is 3.74. The topological polar surface area (TPSA) is 97.8 Å². The zero-order chi connectivity index (χ0) is 27.4. The zero-order valence-corrected chi connectivity index (χ0v) is 23.3. The molecule has 0 aliphatic heterocycles. The van der Waals surface area contributed by atoms with Gasteiger partial charge in [-0.1, -0.05) is 56.3 Å². The Balaban J connectivity index is 1.53. The van der Waals surface area contributed by atoms with Crippen LogP contribution in [-0.4, -0.2) is 47.5 Å². The lowest BCUT2D eigenvalue weighted by Crippen LogP contribution is -2.24. The van der Waals surface area contributed by atoms with Gasteiger partial charge in [-0.3, -0.25) is 9.62 Å². The van der Waals surface area contributed by atoms with Crippen molar-refractivity contribution >= 4 is 38.0 Å². The predicted octanol–water partition coefficient (Wildman–Crippen LogP) is 6.57. The average molecular weight is 545 g/mol. The molecule has 7 nitrogen and oxygen atoms in total. The number of hydrogen-bond donors (Lipinski definition) is 3. The summed E-state index contributed by atoms with van der Waals surface area (Å²) in [6.07, 6.45) is 3.63. The minimum atomic E-state index is -3.41. The Morgan fingerprint density at radius 2 is 1.69 bits per heavy atom. The predicted molar refractivity (Wildman–Crippen MR) is 160 cm³/mol. The number of hydrogen-bond acceptors (Lipinski definition) is 5. The highest BCUT2D eigenvalue weighted by molar-refractivity contribution is 7.93. The summed E-state index contributed by atoms with van der Waals surface area (Å²) in [4.78, 5) is 10.5. The number of benzene rings is 3. The number of nitrogens with zero attached hydrogens (tertiary/aromatic N) is 2. The van der Waals surface area contributed by atoms with Gasteiger partial charge in [-0.25, -0.2) is 13.4 Å². The van der Waals surface area contributed by atoms with Crippen LogP contribution in [0.2, 0.25) is 0 Å². The monoisotopic (exact) mass is 544 g/mol. The van der Waals surface area contributed by atoms with Crippen LogP contribution in [0.3, 0.4) is 0 Å². The Labute approximate surface area is 230 Å². The Hall–Kier alpha value is -3.62. The first-order valence-corrected chi connectivity index (χ1v) is 15.2.